The highest BCUT2D eigenvalue weighted by atomic mass is 19.1. The summed E-state index contributed by atoms with van der Waals surface area (Å²) in [6, 6.07) is 13.5. The first-order valence-corrected chi connectivity index (χ1v) is 19.4. The van der Waals surface area contributed by atoms with Crippen LogP contribution in [-0.4, -0.2) is 51.3 Å². The Bertz CT molecular complexity index is 2830. The van der Waals surface area contributed by atoms with Gasteiger partial charge in [0.15, 0.2) is 0 Å². The first kappa shape index (κ1) is 39.7. The molecule has 62 heavy (non-hydrogen) atoms. The first-order valence-electron chi connectivity index (χ1n) is 19.4. The molecule has 10 rings (SSSR count). The molecule has 18 heteroatoms. The number of hydrogen-bond acceptors (Lipinski definition) is 10. The summed E-state index contributed by atoms with van der Waals surface area (Å²) in [6.07, 6.45) is 11.8. The van der Waals surface area contributed by atoms with Gasteiger partial charge in [-0.3, -0.25) is 19.0 Å². The lowest BCUT2D eigenvalue weighted by Gasteiger charge is -2.10. The molecule has 6 heterocycles. The van der Waals surface area contributed by atoms with Crippen molar-refractivity contribution in [3.8, 4) is 22.5 Å². The number of anilines is 4. The fourth-order valence-corrected chi connectivity index (χ4v) is 7.63. The highest BCUT2D eigenvalue weighted by molar-refractivity contribution is 6.00. The number of nitrogens with two attached hydrogens (primary N) is 2. The molecule has 14 nitrogen and oxygen atoms in total. The number of aromatic nitrogens is 8. The Hall–Kier alpha value is -7.76. The lowest BCUT2D eigenvalue weighted by Crippen LogP contribution is -2.15. The number of fused-ring (bicyclic) bond motifs is 2. The highest BCUT2D eigenvalue weighted by Crippen LogP contribution is 2.49. The second-order valence-corrected chi connectivity index (χ2v) is 15.3. The Labute approximate surface area is 350 Å². The van der Waals surface area contributed by atoms with Gasteiger partial charge in [0.1, 0.15) is 46.5 Å². The van der Waals surface area contributed by atoms with E-state index >= 15 is 0 Å². The molecule has 6 N–H and O–H groups in total. The van der Waals surface area contributed by atoms with Crippen LogP contribution < -0.4 is 22.1 Å². The molecule has 2 aliphatic rings. The number of carbonyl (C=O) groups excluding carboxylic acids is 2. The number of hydrogen-bond donors (Lipinski definition) is 4. The first-order chi connectivity index (χ1) is 29.8. The Morgan fingerprint density at radius 3 is 1.35 bits per heavy atom. The van der Waals surface area contributed by atoms with Crippen LogP contribution in [-0.2, 0) is 23.7 Å². The van der Waals surface area contributed by atoms with Gasteiger partial charge in [-0.25, -0.2) is 37.5 Å². The molecular weight excluding hydrogens is 805 g/mol. The molecule has 0 radical (unpaired) electrons. The normalized spacial score (nSPS) is 17.6. The molecule has 6 aromatic heterocycles. The van der Waals surface area contributed by atoms with E-state index in [1.807, 2.05) is 26.5 Å². The highest BCUT2D eigenvalue weighted by Gasteiger charge is 2.45. The zero-order valence-corrected chi connectivity index (χ0v) is 33.0. The average Bonchev–Trinajstić information content (AvgIpc) is 4.13. The fourth-order valence-electron chi connectivity index (χ4n) is 7.63. The van der Waals surface area contributed by atoms with Crippen LogP contribution in [0.5, 0.6) is 0 Å². The zero-order valence-electron chi connectivity index (χ0n) is 33.0. The van der Waals surface area contributed by atoms with E-state index < -0.39 is 23.3 Å². The summed E-state index contributed by atoms with van der Waals surface area (Å²) in [5.74, 6) is -2.35. The summed E-state index contributed by atoms with van der Waals surface area (Å²) in [7, 11) is 3.67. The molecule has 312 valence electrons. The topological polar surface area (TPSA) is 197 Å². The van der Waals surface area contributed by atoms with Gasteiger partial charge >= 0.3 is 0 Å². The maximum absolute atomic E-state index is 14.2. The molecule has 0 saturated heterocycles. The van der Waals surface area contributed by atoms with E-state index in [0.29, 0.717) is 33.2 Å². The molecule has 0 spiro atoms. The Morgan fingerprint density at radius 2 is 1.00 bits per heavy atom. The zero-order chi connectivity index (χ0) is 43.4. The van der Waals surface area contributed by atoms with E-state index in [4.69, 9.17) is 11.5 Å². The number of nitrogens with zero attached hydrogens (tertiary/aromatic N) is 8. The summed E-state index contributed by atoms with van der Waals surface area (Å²) in [5, 5.41) is 16.1. The SMILES string of the molecule is Cn1cc([C@@H]2C[C@H]2C(=O)Nc2cc3cc(-c4c(F)cccc4F)nc(N)c3cn2)cn1.Cn1cc([C@H]2C[C@@H]2C(=O)Nc2cc3cc(-c4c(F)cccc4F)nc(N)c3cn2)cn1. The largest absolute Gasteiger partial charge is 0.383 e. The van der Waals surface area contributed by atoms with Gasteiger partial charge < -0.3 is 22.1 Å². The Kier molecular flexibility index (Phi) is 10.0. The van der Waals surface area contributed by atoms with E-state index in [1.165, 1.54) is 36.7 Å². The van der Waals surface area contributed by atoms with Crippen LogP contribution in [0.15, 0.2) is 97.8 Å². The van der Waals surface area contributed by atoms with Gasteiger partial charge in [0.05, 0.1) is 34.9 Å². The lowest BCUT2D eigenvalue weighted by atomic mass is 10.1. The van der Waals surface area contributed by atoms with E-state index in [0.717, 1.165) is 48.2 Å². The average molecular weight is 841 g/mol. The van der Waals surface area contributed by atoms with Crippen LogP contribution in [0.2, 0.25) is 0 Å². The van der Waals surface area contributed by atoms with Gasteiger partial charge in [-0.05, 0) is 95.1 Å². The second-order valence-electron chi connectivity index (χ2n) is 15.3. The van der Waals surface area contributed by atoms with Crippen LogP contribution in [0.1, 0.15) is 35.8 Å². The maximum Gasteiger partial charge on any atom is 0.229 e. The summed E-state index contributed by atoms with van der Waals surface area (Å²) in [4.78, 5) is 42.0. The van der Waals surface area contributed by atoms with Crippen LogP contribution in [0.4, 0.5) is 40.8 Å². The monoisotopic (exact) mass is 840 g/mol. The summed E-state index contributed by atoms with van der Waals surface area (Å²) in [5.41, 5.74) is 13.7. The minimum atomic E-state index is -0.732. The number of amides is 2. The van der Waals surface area contributed by atoms with Crippen molar-refractivity contribution in [3.05, 3.63) is 132 Å². The number of rotatable bonds is 8. The van der Waals surface area contributed by atoms with Crippen molar-refractivity contribution < 1.29 is 27.2 Å². The predicted molar refractivity (Wildman–Crippen MR) is 224 cm³/mol. The summed E-state index contributed by atoms with van der Waals surface area (Å²) in [6.45, 7) is 0. The molecule has 4 atom stereocenters. The standard InChI is InChI=1S/2C22H18F2N6O/c2*1-30-10-12(8-27-30)13-7-14(13)22(31)29-19-6-11-5-18(28-21(25)15(11)9-26-19)20-16(23)3-2-4-17(20)24/h2*2-6,8-10,13-14H,7H2,1H3,(H2,25,28)(H,26,29,31)/t2*13-,14+/m10/s1. The van der Waals surface area contributed by atoms with E-state index in [-0.39, 0.29) is 69.6 Å². The number of nitrogen functional groups attached to an aromatic ring is 2. The molecule has 0 unspecified atom stereocenters. The van der Waals surface area contributed by atoms with Crippen molar-refractivity contribution in [2.75, 3.05) is 22.1 Å². The smallest absolute Gasteiger partial charge is 0.229 e. The third kappa shape index (κ3) is 7.84. The number of benzene rings is 2. The Morgan fingerprint density at radius 1 is 0.613 bits per heavy atom. The van der Waals surface area contributed by atoms with Gasteiger partial charge in [-0.2, -0.15) is 10.2 Å². The summed E-state index contributed by atoms with van der Waals surface area (Å²) < 4.78 is 60.2. The van der Waals surface area contributed by atoms with Crippen LogP contribution in [0.25, 0.3) is 44.1 Å². The molecule has 2 fully saturated rings. The fraction of sp³-hybridized carbons (Fsp3) is 0.182. The van der Waals surface area contributed by atoms with Gasteiger partial charge in [-0.1, -0.05) is 12.1 Å². The predicted octanol–water partition coefficient (Wildman–Crippen LogP) is 7.27. The van der Waals surface area contributed by atoms with E-state index in [2.05, 4.69) is 40.8 Å². The van der Waals surface area contributed by atoms with Crippen molar-refractivity contribution in [2.24, 2.45) is 25.9 Å². The molecule has 2 amide bonds. The molecule has 0 bridgehead atoms. The number of halogens is 4. The quantitative estimate of drug-likeness (QED) is 0.113. The molecule has 0 aliphatic heterocycles. The van der Waals surface area contributed by atoms with Crippen molar-refractivity contribution >= 4 is 56.6 Å². The molecular formula is C44H36F4N12O2. The maximum atomic E-state index is 14.2. The van der Waals surface area contributed by atoms with Crippen molar-refractivity contribution in [1.82, 2.24) is 39.5 Å². The van der Waals surface area contributed by atoms with E-state index in [1.54, 1.807) is 33.9 Å². The molecule has 2 saturated carbocycles. The van der Waals surface area contributed by atoms with Crippen molar-refractivity contribution in [1.29, 1.82) is 0 Å². The number of pyridine rings is 4. The van der Waals surface area contributed by atoms with Gasteiger partial charge in [0.25, 0.3) is 0 Å². The van der Waals surface area contributed by atoms with Gasteiger partial charge in [0.2, 0.25) is 11.8 Å². The van der Waals surface area contributed by atoms with Crippen LogP contribution in [0, 0.1) is 35.1 Å². The van der Waals surface area contributed by atoms with E-state index in [9.17, 15) is 27.2 Å². The number of carbonyl (C=O) groups is 2. The lowest BCUT2D eigenvalue weighted by molar-refractivity contribution is -0.118. The van der Waals surface area contributed by atoms with Crippen molar-refractivity contribution in [3.63, 3.8) is 0 Å². The third-order valence-corrected chi connectivity index (χ3v) is 11.0. The second kappa shape index (κ2) is 15.7. The van der Waals surface area contributed by atoms with Crippen LogP contribution >= 0.6 is 0 Å². The molecule has 8 aromatic rings. The Balaban J connectivity index is 0.000000158. The molecule has 2 aromatic carbocycles. The number of aryl methyl sites for hydroxylation is 2. The van der Waals surface area contributed by atoms with Gasteiger partial charge in [-0.15, -0.1) is 0 Å². The van der Waals surface area contributed by atoms with Crippen molar-refractivity contribution in [2.45, 2.75) is 24.7 Å². The minimum Gasteiger partial charge on any atom is -0.383 e. The minimum absolute atomic E-state index is 0.0721. The molecule has 2 aliphatic carbocycles. The third-order valence-electron chi connectivity index (χ3n) is 11.0. The van der Waals surface area contributed by atoms with Gasteiger partial charge in [0, 0.05) is 61.5 Å². The summed E-state index contributed by atoms with van der Waals surface area (Å²) >= 11 is 0. The van der Waals surface area contributed by atoms with Crippen LogP contribution in [0.3, 0.4) is 0 Å². The number of nitrogens with one attached hydrogen (secondary N) is 2.